The van der Waals surface area contributed by atoms with E-state index in [1.165, 1.54) is 16.2 Å². The normalized spacial score (nSPS) is 13.2. The number of hydrogen-bond acceptors (Lipinski definition) is 3. The maximum atomic E-state index is 12.9. The summed E-state index contributed by atoms with van der Waals surface area (Å²) in [6.45, 7) is 1.80. The lowest BCUT2D eigenvalue weighted by atomic mass is 9.95. The monoisotopic (exact) mass is 362 g/mol. The highest BCUT2D eigenvalue weighted by atomic mass is 35.5. The molecular weight excluding hydrogens is 344 g/mol. The van der Waals surface area contributed by atoms with Crippen LogP contribution in [0.1, 0.15) is 47.0 Å². The van der Waals surface area contributed by atoms with Crippen molar-refractivity contribution in [3.05, 3.63) is 45.3 Å². The summed E-state index contributed by atoms with van der Waals surface area (Å²) in [6, 6.07) is 7.14. The fourth-order valence-corrected chi connectivity index (χ4v) is 4.34. The number of fused-ring (bicyclic) bond motifs is 1. The highest BCUT2D eigenvalue weighted by Gasteiger charge is 2.26. The Labute approximate surface area is 150 Å². The van der Waals surface area contributed by atoms with Crippen LogP contribution in [0.5, 0.6) is 0 Å². The Hall–Kier alpha value is -1.85. The quantitative estimate of drug-likeness (QED) is 0.814. The molecule has 0 bridgehead atoms. The summed E-state index contributed by atoms with van der Waals surface area (Å²) in [5.74, 6) is -0.297. The van der Waals surface area contributed by atoms with Gasteiger partial charge in [-0.15, -0.1) is 11.3 Å². The van der Waals surface area contributed by atoms with E-state index in [0.29, 0.717) is 27.7 Å². The summed E-state index contributed by atoms with van der Waals surface area (Å²) in [4.78, 5) is 25.9. The van der Waals surface area contributed by atoms with E-state index in [0.717, 1.165) is 31.2 Å². The molecule has 2 N–H and O–H groups in total. The van der Waals surface area contributed by atoms with Crippen LogP contribution in [0.15, 0.2) is 24.3 Å². The summed E-state index contributed by atoms with van der Waals surface area (Å²) in [7, 11) is 0. The van der Waals surface area contributed by atoms with E-state index in [9.17, 15) is 9.59 Å². The molecule has 6 heteroatoms. The topological polar surface area (TPSA) is 58.2 Å². The van der Waals surface area contributed by atoms with Gasteiger partial charge < -0.3 is 10.6 Å². The molecule has 0 saturated heterocycles. The summed E-state index contributed by atoms with van der Waals surface area (Å²) < 4.78 is 0. The number of rotatable bonds is 4. The molecule has 1 heterocycles. The molecule has 24 heavy (non-hydrogen) atoms. The molecule has 3 rings (SSSR count). The first-order valence-electron chi connectivity index (χ1n) is 8.10. The first-order chi connectivity index (χ1) is 11.6. The van der Waals surface area contributed by atoms with E-state index in [4.69, 9.17) is 11.6 Å². The zero-order chi connectivity index (χ0) is 17.1. The van der Waals surface area contributed by atoms with Crippen molar-refractivity contribution < 1.29 is 9.59 Å². The van der Waals surface area contributed by atoms with Crippen molar-refractivity contribution >= 4 is 45.4 Å². The van der Waals surface area contributed by atoms with Crippen LogP contribution in [0, 0.1) is 0 Å². The Morgan fingerprint density at radius 3 is 2.67 bits per heavy atom. The zero-order valence-corrected chi connectivity index (χ0v) is 15.0. The molecule has 1 aromatic heterocycles. The predicted octanol–water partition coefficient (Wildman–Crippen LogP) is 4.88. The highest BCUT2D eigenvalue weighted by Crippen LogP contribution is 2.38. The van der Waals surface area contributed by atoms with Crippen LogP contribution in [0.4, 0.5) is 10.7 Å². The molecule has 126 valence electrons. The van der Waals surface area contributed by atoms with Crippen LogP contribution in [0.2, 0.25) is 5.02 Å². The Kier molecular flexibility index (Phi) is 5.21. The minimum Gasteiger partial charge on any atom is -0.321 e. The van der Waals surface area contributed by atoms with Gasteiger partial charge in [0.15, 0.2) is 0 Å². The first kappa shape index (κ1) is 17.0. The molecule has 4 nitrogen and oxygen atoms in total. The fourth-order valence-electron chi connectivity index (χ4n) is 2.86. The third-order valence-corrected chi connectivity index (χ3v) is 5.63. The number of benzene rings is 1. The number of amides is 2. The molecule has 0 fully saturated rings. The van der Waals surface area contributed by atoms with E-state index in [1.807, 2.05) is 12.1 Å². The minimum atomic E-state index is -0.214. The lowest BCUT2D eigenvalue weighted by Crippen LogP contribution is -2.18. The van der Waals surface area contributed by atoms with E-state index >= 15 is 0 Å². The number of nitrogens with one attached hydrogen (secondary N) is 2. The number of halogens is 1. The largest absolute Gasteiger partial charge is 0.321 e. The average molecular weight is 363 g/mol. The van der Waals surface area contributed by atoms with Gasteiger partial charge in [-0.2, -0.15) is 0 Å². The molecular formula is C18H19ClN2O2S. The Bertz CT molecular complexity index is 785. The fraction of sp³-hybridized carbons (Fsp3) is 0.333. The van der Waals surface area contributed by atoms with E-state index in [1.54, 1.807) is 19.1 Å². The Morgan fingerprint density at radius 2 is 1.92 bits per heavy atom. The molecule has 2 amide bonds. The van der Waals surface area contributed by atoms with Crippen LogP contribution >= 0.6 is 22.9 Å². The van der Waals surface area contributed by atoms with E-state index in [2.05, 4.69) is 10.6 Å². The van der Waals surface area contributed by atoms with Crippen LogP contribution < -0.4 is 10.6 Å². The van der Waals surface area contributed by atoms with Gasteiger partial charge in [-0.3, -0.25) is 9.59 Å². The molecule has 1 aliphatic rings. The zero-order valence-electron chi connectivity index (χ0n) is 13.4. The number of carbonyl (C=O) groups excluding carboxylic acids is 2. The van der Waals surface area contributed by atoms with Crippen molar-refractivity contribution in [3.8, 4) is 0 Å². The van der Waals surface area contributed by atoms with Gasteiger partial charge in [0.1, 0.15) is 5.00 Å². The molecule has 0 unspecified atom stereocenters. The second-order valence-electron chi connectivity index (χ2n) is 5.75. The molecule has 0 radical (unpaired) electrons. The summed E-state index contributed by atoms with van der Waals surface area (Å²) in [5.41, 5.74) is 2.24. The van der Waals surface area contributed by atoms with Crippen LogP contribution in [0.3, 0.4) is 0 Å². The second-order valence-corrected chi connectivity index (χ2v) is 7.26. The maximum Gasteiger partial charge on any atom is 0.258 e. The van der Waals surface area contributed by atoms with Crippen molar-refractivity contribution in [1.29, 1.82) is 0 Å². The number of carbonyl (C=O) groups is 2. The van der Waals surface area contributed by atoms with Crippen molar-refractivity contribution in [2.75, 3.05) is 10.6 Å². The molecule has 1 aliphatic carbocycles. The molecule has 2 aromatic rings. The summed E-state index contributed by atoms with van der Waals surface area (Å²) in [6.07, 6.45) is 4.42. The molecule has 0 saturated carbocycles. The van der Waals surface area contributed by atoms with Gasteiger partial charge in [-0.25, -0.2) is 0 Å². The van der Waals surface area contributed by atoms with Crippen molar-refractivity contribution in [3.63, 3.8) is 0 Å². The van der Waals surface area contributed by atoms with Gasteiger partial charge in [-0.1, -0.05) is 30.7 Å². The van der Waals surface area contributed by atoms with Gasteiger partial charge >= 0.3 is 0 Å². The van der Waals surface area contributed by atoms with Crippen molar-refractivity contribution in [2.45, 2.75) is 39.0 Å². The molecule has 0 aliphatic heterocycles. The van der Waals surface area contributed by atoms with Gasteiger partial charge in [0.2, 0.25) is 5.91 Å². The Balaban J connectivity index is 1.95. The summed E-state index contributed by atoms with van der Waals surface area (Å²) >= 11 is 7.66. The number of hydrogen-bond donors (Lipinski definition) is 2. The molecule has 1 aromatic carbocycles. The Morgan fingerprint density at radius 1 is 1.17 bits per heavy atom. The lowest BCUT2D eigenvalue weighted by molar-refractivity contribution is -0.115. The number of para-hydroxylation sites is 1. The summed E-state index contributed by atoms with van der Waals surface area (Å²) in [5, 5.41) is 6.91. The van der Waals surface area contributed by atoms with E-state index in [-0.39, 0.29) is 11.8 Å². The number of anilines is 2. The second kappa shape index (κ2) is 7.36. The van der Waals surface area contributed by atoms with Crippen LogP contribution in [0.25, 0.3) is 0 Å². The van der Waals surface area contributed by atoms with E-state index < -0.39 is 0 Å². The standard InChI is InChI=1S/C18H19ClN2O2S/c1-2-15(22)21-18-16(11-7-3-6-10-14(11)24-18)17(23)20-13-9-5-4-8-12(13)19/h4-5,8-9H,2-3,6-7,10H2,1H3,(H,20,23)(H,21,22). The minimum absolute atomic E-state index is 0.0830. The van der Waals surface area contributed by atoms with Crippen molar-refractivity contribution in [1.82, 2.24) is 0 Å². The number of aryl methyl sites for hydroxylation is 1. The molecule has 0 atom stereocenters. The third kappa shape index (κ3) is 3.47. The van der Waals surface area contributed by atoms with Gasteiger partial charge in [-0.05, 0) is 43.4 Å². The van der Waals surface area contributed by atoms with Crippen molar-refractivity contribution in [2.24, 2.45) is 0 Å². The smallest absolute Gasteiger partial charge is 0.258 e. The van der Waals surface area contributed by atoms with Gasteiger partial charge in [0.05, 0.1) is 16.3 Å². The lowest BCUT2D eigenvalue weighted by Gasteiger charge is -2.13. The number of thiophene rings is 1. The van der Waals surface area contributed by atoms with Crippen LogP contribution in [-0.4, -0.2) is 11.8 Å². The SMILES string of the molecule is CCC(=O)Nc1sc2c(c1C(=O)Nc1ccccc1Cl)CCCC2. The third-order valence-electron chi connectivity index (χ3n) is 4.09. The van der Waals surface area contributed by atoms with Gasteiger partial charge in [0.25, 0.3) is 5.91 Å². The van der Waals surface area contributed by atoms with Gasteiger partial charge in [0, 0.05) is 11.3 Å². The van der Waals surface area contributed by atoms with Crippen LogP contribution in [-0.2, 0) is 17.6 Å². The first-order valence-corrected chi connectivity index (χ1v) is 9.30. The maximum absolute atomic E-state index is 12.9. The average Bonchev–Trinajstić information content (AvgIpc) is 2.94. The highest BCUT2D eigenvalue weighted by molar-refractivity contribution is 7.17. The molecule has 0 spiro atoms. The predicted molar refractivity (Wildman–Crippen MR) is 99.3 cm³/mol.